The number of nitrogens with two attached hydrogens (primary N) is 1. The van der Waals surface area contributed by atoms with E-state index in [-0.39, 0.29) is 5.84 Å². The van der Waals surface area contributed by atoms with E-state index in [2.05, 4.69) is 5.10 Å². The number of hydrogen-bond donors (Lipinski definition) is 2. The number of aromatic nitrogens is 2. The number of benzene rings is 1. The van der Waals surface area contributed by atoms with Crippen molar-refractivity contribution in [3.63, 3.8) is 0 Å². The number of amidine groups is 1. The third-order valence-corrected chi connectivity index (χ3v) is 3.04. The molecule has 3 N–H and O–H groups in total. The summed E-state index contributed by atoms with van der Waals surface area (Å²) in [6, 6.07) is 7.55. The van der Waals surface area contributed by atoms with Crippen LogP contribution in [0.3, 0.4) is 0 Å². The lowest BCUT2D eigenvalue weighted by Crippen LogP contribution is -2.15. The van der Waals surface area contributed by atoms with Gasteiger partial charge in [-0.25, -0.2) is 0 Å². The molecule has 0 radical (unpaired) electrons. The van der Waals surface area contributed by atoms with Gasteiger partial charge in [0.2, 0.25) is 0 Å². The van der Waals surface area contributed by atoms with E-state index in [0.29, 0.717) is 11.6 Å². The standard InChI is InChI=1S/C12H13ClN4/c1-8-11(13)6-16-17(8)7-9-4-2-3-5-10(9)12(14)15/h2-6H,7H2,1H3,(H3,14,15). The maximum absolute atomic E-state index is 7.52. The summed E-state index contributed by atoms with van der Waals surface area (Å²) in [6.07, 6.45) is 1.62. The molecule has 0 aliphatic rings. The van der Waals surface area contributed by atoms with Crippen LogP contribution in [0.2, 0.25) is 5.02 Å². The van der Waals surface area contributed by atoms with Crippen LogP contribution in [0.15, 0.2) is 30.5 Å². The molecule has 5 heteroatoms. The van der Waals surface area contributed by atoms with Gasteiger partial charge in [0.05, 0.1) is 23.5 Å². The third kappa shape index (κ3) is 2.31. The molecule has 2 aromatic rings. The van der Waals surface area contributed by atoms with Gasteiger partial charge in [-0.05, 0) is 12.5 Å². The Kier molecular flexibility index (Phi) is 3.15. The molecule has 0 amide bonds. The lowest BCUT2D eigenvalue weighted by atomic mass is 10.1. The molecule has 0 atom stereocenters. The molecule has 4 nitrogen and oxygen atoms in total. The molecular formula is C12H13ClN4. The number of nitrogen functional groups attached to an aromatic ring is 1. The molecule has 1 aromatic heterocycles. The molecule has 0 aliphatic heterocycles. The van der Waals surface area contributed by atoms with Crippen LogP contribution in [0.25, 0.3) is 0 Å². The summed E-state index contributed by atoms with van der Waals surface area (Å²) in [5.41, 5.74) is 8.14. The molecule has 0 aliphatic carbocycles. The molecule has 0 fully saturated rings. The van der Waals surface area contributed by atoms with Crippen molar-refractivity contribution in [3.8, 4) is 0 Å². The Hall–Kier alpha value is -1.81. The van der Waals surface area contributed by atoms with Crippen LogP contribution in [-0.4, -0.2) is 15.6 Å². The lowest BCUT2D eigenvalue weighted by molar-refractivity contribution is 0.664. The molecular weight excluding hydrogens is 236 g/mol. The zero-order valence-corrected chi connectivity index (χ0v) is 10.2. The minimum atomic E-state index is 0.0662. The van der Waals surface area contributed by atoms with Crippen LogP contribution in [0.4, 0.5) is 0 Å². The molecule has 0 spiro atoms. The van der Waals surface area contributed by atoms with Gasteiger partial charge >= 0.3 is 0 Å². The fourth-order valence-corrected chi connectivity index (χ4v) is 1.81. The SMILES string of the molecule is Cc1c(Cl)cnn1Cc1ccccc1C(=N)N. The van der Waals surface area contributed by atoms with Crippen molar-refractivity contribution in [3.05, 3.63) is 52.3 Å². The summed E-state index contributed by atoms with van der Waals surface area (Å²) < 4.78 is 1.80. The van der Waals surface area contributed by atoms with Gasteiger partial charge in [0.25, 0.3) is 0 Å². The largest absolute Gasteiger partial charge is 0.384 e. The van der Waals surface area contributed by atoms with Crippen LogP contribution < -0.4 is 5.73 Å². The first kappa shape index (κ1) is 11.7. The van der Waals surface area contributed by atoms with Crippen molar-refractivity contribution < 1.29 is 0 Å². The third-order valence-electron chi connectivity index (χ3n) is 2.67. The normalized spacial score (nSPS) is 10.5. The molecule has 88 valence electrons. The highest BCUT2D eigenvalue weighted by Crippen LogP contribution is 2.16. The fraction of sp³-hybridized carbons (Fsp3) is 0.167. The van der Waals surface area contributed by atoms with Crippen molar-refractivity contribution >= 4 is 17.4 Å². The van der Waals surface area contributed by atoms with Gasteiger partial charge in [-0.1, -0.05) is 35.9 Å². The Labute approximate surface area is 105 Å². The highest BCUT2D eigenvalue weighted by molar-refractivity contribution is 6.31. The van der Waals surface area contributed by atoms with Gasteiger partial charge < -0.3 is 5.73 Å². The van der Waals surface area contributed by atoms with Crippen molar-refractivity contribution in [2.45, 2.75) is 13.5 Å². The van der Waals surface area contributed by atoms with Crippen LogP contribution in [-0.2, 0) is 6.54 Å². The summed E-state index contributed by atoms with van der Waals surface area (Å²) >= 11 is 5.95. The Morgan fingerprint density at radius 3 is 2.76 bits per heavy atom. The maximum Gasteiger partial charge on any atom is 0.123 e. The Balaban J connectivity index is 2.36. The maximum atomic E-state index is 7.52. The highest BCUT2D eigenvalue weighted by Gasteiger charge is 2.08. The van der Waals surface area contributed by atoms with Gasteiger partial charge in [0.1, 0.15) is 5.84 Å². The fourth-order valence-electron chi connectivity index (χ4n) is 1.67. The van der Waals surface area contributed by atoms with Crippen molar-refractivity contribution in [1.82, 2.24) is 9.78 Å². The molecule has 0 saturated carbocycles. The summed E-state index contributed by atoms with van der Waals surface area (Å²) in [5, 5.41) is 12.4. The van der Waals surface area contributed by atoms with Crippen LogP contribution >= 0.6 is 11.6 Å². The molecule has 1 heterocycles. The summed E-state index contributed by atoms with van der Waals surface area (Å²) in [4.78, 5) is 0. The zero-order chi connectivity index (χ0) is 12.4. The predicted octanol–water partition coefficient (Wildman–Crippen LogP) is 2.18. The molecule has 0 bridgehead atoms. The number of nitrogens with one attached hydrogen (secondary N) is 1. The zero-order valence-electron chi connectivity index (χ0n) is 9.44. The first-order chi connectivity index (χ1) is 8.09. The van der Waals surface area contributed by atoms with Crippen molar-refractivity contribution in [1.29, 1.82) is 5.41 Å². The minimum Gasteiger partial charge on any atom is -0.384 e. The van der Waals surface area contributed by atoms with Gasteiger partial charge in [-0.15, -0.1) is 0 Å². The van der Waals surface area contributed by atoms with E-state index >= 15 is 0 Å². The van der Waals surface area contributed by atoms with Crippen molar-refractivity contribution in [2.75, 3.05) is 0 Å². The average molecular weight is 249 g/mol. The molecule has 2 rings (SSSR count). The van der Waals surface area contributed by atoms with E-state index in [9.17, 15) is 0 Å². The molecule has 17 heavy (non-hydrogen) atoms. The van der Waals surface area contributed by atoms with E-state index in [1.54, 1.807) is 10.9 Å². The van der Waals surface area contributed by atoms with E-state index in [1.807, 2.05) is 31.2 Å². The summed E-state index contributed by atoms with van der Waals surface area (Å²) in [7, 11) is 0. The van der Waals surface area contributed by atoms with E-state index in [1.165, 1.54) is 0 Å². The van der Waals surface area contributed by atoms with Gasteiger partial charge in [-0.3, -0.25) is 10.1 Å². The first-order valence-electron chi connectivity index (χ1n) is 5.20. The second kappa shape index (κ2) is 4.59. The smallest absolute Gasteiger partial charge is 0.123 e. The number of halogens is 1. The van der Waals surface area contributed by atoms with Gasteiger partial charge in [-0.2, -0.15) is 5.10 Å². The summed E-state index contributed by atoms with van der Waals surface area (Å²) in [5.74, 6) is 0.0662. The Morgan fingerprint density at radius 1 is 1.47 bits per heavy atom. The molecule has 0 saturated heterocycles. The van der Waals surface area contributed by atoms with Crippen LogP contribution in [0.5, 0.6) is 0 Å². The van der Waals surface area contributed by atoms with Gasteiger partial charge in [0.15, 0.2) is 0 Å². The average Bonchev–Trinajstić information content (AvgIpc) is 2.61. The van der Waals surface area contributed by atoms with Crippen LogP contribution in [0, 0.1) is 12.3 Å². The predicted molar refractivity (Wildman–Crippen MR) is 68.5 cm³/mol. The molecule has 0 unspecified atom stereocenters. The topological polar surface area (TPSA) is 67.7 Å². The second-order valence-electron chi connectivity index (χ2n) is 3.81. The van der Waals surface area contributed by atoms with Crippen molar-refractivity contribution in [2.24, 2.45) is 5.73 Å². The minimum absolute atomic E-state index is 0.0662. The Bertz CT molecular complexity index is 559. The van der Waals surface area contributed by atoms with E-state index in [4.69, 9.17) is 22.7 Å². The number of nitrogens with zero attached hydrogens (tertiary/aromatic N) is 2. The lowest BCUT2D eigenvalue weighted by Gasteiger charge is -2.09. The summed E-state index contributed by atoms with van der Waals surface area (Å²) in [6.45, 7) is 2.47. The van der Waals surface area contributed by atoms with Crippen LogP contribution in [0.1, 0.15) is 16.8 Å². The highest BCUT2D eigenvalue weighted by atomic mass is 35.5. The monoisotopic (exact) mass is 248 g/mol. The quantitative estimate of drug-likeness (QED) is 0.646. The first-order valence-corrected chi connectivity index (χ1v) is 5.57. The number of hydrogen-bond acceptors (Lipinski definition) is 2. The van der Waals surface area contributed by atoms with E-state index in [0.717, 1.165) is 16.8 Å². The second-order valence-corrected chi connectivity index (χ2v) is 4.21. The van der Waals surface area contributed by atoms with E-state index < -0.39 is 0 Å². The molecule has 1 aromatic carbocycles. The number of rotatable bonds is 3. The Morgan fingerprint density at radius 2 is 2.18 bits per heavy atom. The van der Waals surface area contributed by atoms with Gasteiger partial charge in [0, 0.05) is 5.56 Å².